The normalized spacial score (nSPS) is 10.9. The third-order valence-corrected chi connectivity index (χ3v) is 4.47. The van der Waals surface area contributed by atoms with Gasteiger partial charge in [-0.2, -0.15) is 0 Å². The Hall–Kier alpha value is -2.41. The predicted octanol–water partition coefficient (Wildman–Crippen LogP) is 3.18. The number of rotatable bonds is 7. The maximum Gasteiger partial charge on any atom is 0.220 e. The number of hydrogen-bond donors (Lipinski definition) is 1. The first-order valence-electron chi connectivity index (χ1n) is 7.66. The molecular formula is C17H18FN3O2S. The van der Waals surface area contributed by atoms with Crippen LogP contribution in [0.15, 0.2) is 36.0 Å². The van der Waals surface area contributed by atoms with Crippen molar-refractivity contribution in [1.29, 1.82) is 0 Å². The van der Waals surface area contributed by atoms with Gasteiger partial charge in [0.05, 0.1) is 19.3 Å². The zero-order valence-electron chi connectivity index (χ0n) is 13.3. The molecule has 0 saturated heterocycles. The molecule has 1 amide bonds. The summed E-state index contributed by atoms with van der Waals surface area (Å²) >= 11 is 1.56. The lowest BCUT2D eigenvalue weighted by Gasteiger charge is -2.06. The number of thiazole rings is 1. The molecule has 2 aromatic heterocycles. The quantitative estimate of drug-likeness (QED) is 0.714. The fourth-order valence-corrected chi connectivity index (χ4v) is 3.18. The Morgan fingerprint density at radius 1 is 1.46 bits per heavy atom. The van der Waals surface area contributed by atoms with E-state index in [9.17, 15) is 9.18 Å². The summed E-state index contributed by atoms with van der Waals surface area (Å²) in [6.45, 7) is 0.421. The van der Waals surface area contributed by atoms with E-state index in [1.807, 2.05) is 28.2 Å². The molecule has 7 heteroatoms. The van der Waals surface area contributed by atoms with Gasteiger partial charge in [0, 0.05) is 24.2 Å². The Labute approximate surface area is 143 Å². The Balaban J connectivity index is 1.42. The van der Waals surface area contributed by atoms with E-state index in [0.29, 0.717) is 25.8 Å². The number of nitrogens with zero attached hydrogens (tertiary/aromatic N) is 2. The first-order chi connectivity index (χ1) is 11.7. The van der Waals surface area contributed by atoms with Crippen molar-refractivity contribution in [3.8, 4) is 5.75 Å². The van der Waals surface area contributed by atoms with Gasteiger partial charge in [0.15, 0.2) is 16.5 Å². The summed E-state index contributed by atoms with van der Waals surface area (Å²) in [5.74, 6) is -0.170. The lowest BCUT2D eigenvalue weighted by atomic mass is 10.1. The van der Waals surface area contributed by atoms with Gasteiger partial charge in [0.2, 0.25) is 5.91 Å². The molecule has 3 rings (SSSR count). The summed E-state index contributed by atoms with van der Waals surface area (Å²) in [6.07, 6.45) is 5.55. The van der Waals surface area contributed by atoms with Gasteiger partial charge >= 0.3 is 0 Å². The van der Waals surface area contributed by atoms with Gasteiger partial charge in [-0.25, -0.2) is 9.37 Å². The summed E-state index contributed by atoms with van der Waals surface area (Å²) in [6, 6.07) is 4.88. The van der Waals surface area contributed by atoms with Crippen molar-refractivity contribution in [2.75, 3.05) is 7.11 Å². The Morgan fingerprint density at radius 3 is 3.08 bits per heavy atom. The summed E-state index contributed by atoms with van der Waals surface area (Å²) in [5, 5.41) is 4.83. The Morgan fingerprint density at radius 2 is 2.33 bits per heavy atom. The van der Waals surface area contributed by atoms with Crippen LogP contribution in [-0.2, 0) is 17.8 Å². The molecule has 1 aromatic carbocycles. The van der Waals surface area contributed by atoms with Crippen molar-refractivity contribution in [2.45, 2.75) is 25.8 Å². The average molecular weight is 347 g/mol. The number of aromatic nitrogens is 2. The first-order valence-corrected chi connectivity index (χ1v) is 8.54. The van der Waals surface area contributed by atoms with E-state index in [0.717, 1.165) is 16.2 Å². The van der Waals surface area contributed by atoms with Crippen molar-refractivity contribution in [2.24, 2.45) is 0 Å². The zero-order valence-corrected chi connectivity index (χ0v) is 14.1. The fraction of sp³-hybridized carbons (Fsp3) is 0.294. The van der Waals surface area contributed by atoms with E-state index < -0.39 is 0 Å². The van der Waals surface area contributed by atoms with Crippen LogP contribution in [0.3, 0.4) is 0 Å². The maximum absolute atomic E-state index is 13.6. The number of ether oxygens (including phenoxy) is 1. The molecule has 5 nitrogen and oxygen atoms in total. The molecule has 0 aliphatic heterocycles. The highest BCUT2D eigenvalue weighted by Gasteiger charge is 2.07. The van der Waals surface area contributed by atoms with Gasteiger partial charge in [0.1, 0.15) is 0 Å². The third-order valence-electron chi connectivity index (χ3n) is 3.70. The second-order valence-electron chi connectivity index (χ2n) is 5.42. The SMILES string of the molecule is COc1ccc(CCCC(=O)NCc2cn3ccsc3n2)cc1F. The van der Waals surface area contributed by atoms with E-state index in [2.05, 4.69) is 10.3 Å². The molecule has 24 heavy (non-hydrogen) atoms. The fourth-order valence-electron chi connectivity index (χ4n) is 2.46. The van der Waals surface area contributed by atoms with Gasteiger partial charge < -0.3 is 10.1 Å². The summed E-state index contributed by atoms with van der Waals surface area (Å²) < 4.78 is 20.4. The van der Waals surface area contributed by atoms with Gasteiger partial charge in [-0.05, 0) is 30.5 Å². The van der Waals surface area contributed by atoms with Gasteiger partial charge in [-0.15, -0.1) is 11.3 Å². The third kappa shape index (κ3) is 3.91. The number of benzene rings is 1. The summed E-state index contributed by atoms with van der Waals surface area (Å²) in [4.78, 5) is 17.2. The van der Waals surface area contributed by atoms with Crippen LogP contribution in [0, 0.1) is 5.82 Å². The number of carbonyl (C=O) groups is 1. The molecule has 0 aliphatic rings. The minimum atomic E-state index is -0.376. The monoisotopic (exact) mass is 347 g/mol. The lowest BCUT2D eigenvalue weighted by molar-refractivity contribution is -0.121. The van der Waals surface area contributed by atoms with Crippen molar-refractivity contribution >= 4 is 22.2 Å². The lowest BCUT2D eigenvalue weighted by Crippen LogP contribution is -2.22. The summed E-state index contributed by atoms with van der Waals surface area (Å²) in [7, 11) is 1.44. The summed E-state index contributed by atoms with van der Waals surface area (Å²) in [5.41, 5.74) is 1.70. The zero-order chi connectivity index (χ0) is 16.9. The topological polar surface area (TPSA) is 55.6 Å². The van der Waals surface area contributed by atoms with Gasteiger partial charge in [-0.1, -0.05) is 6.07 Å². The predicted molar refractivity (Wildman–Crippen MR) is 90.8 cm³/mol. The standard InChI is InChI=1S/C17H18FN3O2S/c1-23-15-6-5-12(9-14(15)18)3-2-4-16(22)19-10-13-11-21-7-8-24-17(21)20-13/h5-9,11H,2-4,10H2,1H3,(H,19,22). The molecule has 0 unspecified atom stereocenters. The minimum absolute atomic E-state index is 0.0275. The second kappa shape index (κ2) is 7.44. The molecule has 0 fully saturated rings. The van der Waals surface area contributed by atoms with Crippen LogP contribution >= 0.6 is 11.3 Å². The maximum atomic E-state index is 13.6. The van der Waals surface area contributed by atoms with Crippen LogP contribution < -0.4 is 10.1 Å². The van der Waals surface area contributed by atoms with E-state index in [1.54, 1.807) is 17.4 Å². The van der Waals surface area contributed by atoms with Crippen LogP contribution in [0.25, 0.3) is 4.96 Å². The number of carbonyl (C=O) groups excluding carboxylic acids is 1. The molecule has 126 valence electrons. The number of nitrogens with one attached hydrogen (secondary N) is 1. The Bertz CT molecular complexity index is 815. The molecule has 0 bridgehead atoms. The van der Waals surface area contributed by atoms with Crippen LogP contribution in [0.2, 0.25) is 0 Å². The van der Waals surface area contributed by atoms with E-state index >= 15 is 0 Å². The largest absolute Gasteiger partial charge is 0.494 e. The smallest absolute Gasteiger partial charge is 0.220 e. The molecule has 0 radical (unpaired) electrons. The van der Waals surface area contributed by atoms with Crippen LogP contribution in [0.5, 0.6) is 5.75 Å². The van der Waals surface area contributed by atoms with Gasteiger partial charge in [-0.3, -0.25) is 9.20 Å². The van der Waals surface area contributed by atoms with E-state index in [1.165, 1.54) is 13.2 Å². The molecule has 1 N–H and O–H groups in total. The number of fused-ring (bicyclic) bond motifs is 1. The number of imidazole rings is 1. The van der Waals surface area contributed by atoms with Crippen LogP contribution in [-0.4, -0.2) is 22.4 Å². The van der Waals surface area contributed by atoms with Crippen molar-refractivity contribution < 1.29 is 13.9 Å². The molecule has 0 saturated carbocycles. The number of methoxy groups -OCH3 is 1. The van der Waals surface area contributed by atoms with Crippen molar-refractivity contribution in [3.05, 3.63) is 53.0 Å². The second-order valence-corrected chi connectivity index (χ2v) is 6.30. The highest BCUT2D eigenvalue weighted by atomic mass is 32.1. The molecule has 2 heterocycles. The van der Waals surface area contributed by atoms with Crippen LogP contribution in [0.4, 0.5) is 4.39 Å². The Kier molecular flexibility index (Phi) is 5.10. The molecule has 0 atom stereocenters. The first kappa shape index (κ1) is 16.4. The molecular weight excluding hydrogens is 329 g/mol. The van der Waals surface area contributed by atoms with E-state index in [-0.39, 0.29) is 17.5 Å². The number of aryl methyl sites for hydroxylation is 1. The number of amides is 1. The highest BCUT2D eigenvalue weighted by Crippen LogP contribution is 2.18. The molecule has 0 spiro atoms. The van der Waals surface area contributed by atoms with Gasteiger partial charge in [0.25, 0.3) is 0 Å². The average Bonchev–Trinajstić information content (AvgIpc) is 3.14. The molecule has 3 aromatic rings. The van der Waals surface area contributed by atoms with Crippen molar-refractivity contribution in [3.63, 3.8) is 0 Å². The highest BCUT2D eigenvalue weighted by molar-refractivity contribution is 7.15. The molecule has 0 aliphatic carbocycles. The van der Waals surface area contributed by atoms with Crippen LogP contribution in [0.1, 0.15) is 24.1 Å². The van der Waals surface area contributed by atoms with Crippen molar-refractivity contribution in [1.82, 2.24) is 14.7 Å². The number of halogens is 1. The number of hydrogen-bond acceptors (Lipinski definition) is 4. The minimum Gasteiger partial charge on any atom is -0.494 e. The van der Waals surface area contributed by atoms with E-state index in [4.69, 9.17) is 4.74 Å².